The first kappa shape index (κ1) is 18.3. The number of carbonyl (C=O) groups excluding carboxylic acids is 1. The van der Waals surface area contributed by atoms with Crippen LogP contribution in [0.5, 0.6) is 11.5 Å². The van der Waals surface area contributed by atoms with E-state index in [2.05, 4.69) is 0 Å². The third-order valence-electron chi connectivity index (χ3n) is 4.13. The molecule has 6 heteroatoms. The van der Waals surface area contributed by atoms with Crippen LogP contribution in [0.1, 0.15) is 54.9 Å². The van der Waals surface area contributed by atoms with Crippen molar-refractivity contribution in [3.05, 3.63) is 29.3 Å². The van der Waals surface area contributed by atoms with Crippen molar-refractivity contribution in [2.24, 2.45) is 0 Å². The van der Waals surface area contributed by atoms with Crippen molar-refractivity contribution < 1.29 is 30.0 Å². The summed E-state index contributed by atoms with van der Waals surface area (Å²) in [6.07, 6.45) is 3.75. The van der Waals surface area contributed by atoms with E-state index in [1.165, 1.54) is 6.07 Å². The first-order valence-corrected chi connectivity index (χ1v) is 8.18. The van der Waals surface area contributed by atoms with E-state index in [0.717, 1.165) is 6.07 Å². The molecule has 1 aromatic rings. The molecule has 1 aliphatic rings. The monoisotopic (exact) mass is 336 g/mol. The van der Waals surface area contributed by atoms with Crippen molar-refractivity contribution in [3.63, 3.8) is 0 Å². The minimum atomic E-state index is -0.813. The van der Waals surface area contributed by atoms with Gasteiger partial charge in [-0.05, 0) is 50.7 Å². The minimum Gasteiger partial charge on any atom is -0.508 e. The number of rotatable bonds is 0. The number of hydrogen-bond donors (Lipinski definition) is 4. The van der Waals surface area contributed by atoms with E-state index in [-0.39, 0.29) is 17.1 Å². The van der Waals surface area contributed by atoms with Gasteiger partial charge in [-0.3, -0.25) is 0 Å². The van der Waals surface area contributed by atoms with Gasteiger partial charge in [-0.1, -0.05) is 12.2 Å². The summed E-state index contributed by atoms with van der Waals surface area (Å²) in [5, 5.41) is 39.5. The molecule has 0 saturated heterocycles. The highest BCUT2D eigenvalue weighted by Crippen LogP contribution is 2.30. The largest absolute Gasteiger partial charge is 0.508 e. The Morgan fingerprint density at radius 3 is 2.54 bits per heavy atom. The van der Waals surface area contributed by atoms with E-state index in [9.17, 15) is 25.2 Å². The van der Waals surface area contributed by atoms with Crippen LogP contribution in [-0.2, 0) is 4.74 Å². The number of aromatic hydroxyl groups is 2. The predicted molar refractivity (Wildman–Crippen MR) is 88.8 cm³/mol. The van der Waals surface area contributed by atoms with Gasteiger partial charge in [0.25, 0.3) is 0 Å². The molecule has 132 valence electrons. The summed E-state index contributed by atoms with van der Waals surface area (Å²) in [7, 11) is 0. The number of aliphatic hydroxyl groups excluding tert-OH is 2. The SMILES string of the molecule is C[C@H]1CCC[C@H](O)[C@H](O)CC/C=C/c2cc(O)cc(O)c2C(=O)O1. The summed E-state index contributed by atoms with van der Waals surface area (Å²) >= 11 is 0. The molecule has 2 rings (SSSR count). The molecule has 0 bridgehead atoms. The lowest BCUT2D eigenvalue weighted by atomic mass is 10.00. The predicted octanol–water partition coefficient (Wildman–Crippen LogP) is 2.34. The average molecular weight is 336 g/mol. The second-order valence-corrected chi connectivity index (χ2v) is 6.19. The third kappa shape index (κ3) is 4.72. The lowest BCUT2D eigenvalue weighted by Crippen LogP contribution is -2.26. The molecule has 6 nitrogen and oxygen atoms in total. The Labute approximate surface area is 141 Å². The van der Waals surface area contributed by atoms with Crippen molar-refractivity contribution in [1.29, 1.82) is 0 Å². The maximum Gasteiger partial charge on any atom is 0.342 e. The molecular weight excluding hydrogens is 312 g/mol. The normalized spacial score (nSPS) is 27.6. The Hall–Kier alpha value is -2.05. The molecule has 0 spiro atoms. The molecule has 0 fully saturated rings. The Kier molecular flexibility index (Phi) is 6.23. The van der Waals surface area contributed by atoms with Crippen LogP contribution in [0.15, 0.2) is 18.2 Å². The van der Waals surface area contributed by atoms with Gasteiger partial charge in [0.05, 0.1) is 18.3 Å². The van der Waals surface area contributed by atoms with Gasteiger partial charge in [-0.25, -0.2) is 4.79 Å². The van der Waals surface area contributed by atoms with Gasteiger partial charge in [-0.15, -0.1) is 0 Å². The van der Waals surface area contributed by atoms with E-state index in [0.29, 0.717) is 37.7 Å². The summed E-state index contributed by atoms with van der Waals surface area (Å²) in [4.78, 5) is 12.3. The number of aliphatic hydroxyl groups is 2. The molecule has 1 aromatic carbocycles. The molecule has 0 radical (unpaired) electrons. The number of esters is 1. The summed E-state index contributed by atoms with van der Waals surface area (Å²) in [6, 6.07) is 2.47. The van der Waals surface area contributed by atoms with Crippen LogP contribution in [0, 0.1) is 0 Å². The number of hydrogen-bond acceptors (Lipinski definition) is 6. The van der Waals surface area contributed by atoms with Gasteiger partial charge < -0.3 is 25.2 Å². The van der Waals surface area contributed by atoms with E-state index in [1.807, 2.05) is 0 Å². The van der Waals surface area contributed by atoms with Gasteiger partial charge >= 0.3 is 5.97 Å². The average Bonchev–Trinajstić information content (AvgIpc) is 2.49. The first-order chi connectivity index (χ1) is 11.4. The van der Waals surface area contributed by atoms with Gasteiger partial charge in [0.2, 0.25) is 0 Å². The van der Waals surface area contributed by atoms with Crippen LogP contribution in [0.2, 0.25) is 0 Å². The molecule has 0 unspecified atom stereocenters. The second-order valence-electron chi connectivity index (χ2n) is 6.19. The van der Waals surface area contributed by atoms with Crippen LogP contribution in [-0.4, -0.2) is 44.7 Å². The quantitative estimate of drug-likeness (QED) is 0.542. The fourth-order valence-electron chi connectivity index (χ4n) is 2.76. The highest BCUT2D eigenvalue weighted by molar-refractivity contribution is 5.97. The molecular formula is C18H24O6. The number of phenols is 2. The van der Waals surface area contributed by atoms with Gasteiger partial charge in [0.15, 0.2) is 0 Å². The smallest absolute Gasteiger partial charge is 0.342 e. The molecule has 0 amide bonds. The Morgan fingerprint density at radius 2 is 1.79 bits per heavy atom. The number of ether oxygens (including phenoxy) is 1. The van der Waals surface area contributed by atoms with Crippen molar-refractivity contribution in [2.45, 2.75) is 57.3 Å². The summed E-state index contributed by atoms with van der Waals surface area (Å²) in [6.45, 7) is 1.74. The number of benzene rings is 1. The number of phenolic OH excluding ortho intramolecular Hbond substituents is 2. The molecule has 24 heavy (non-hydrogen) atoms. The van der Waals surface area contributed by atoms with Crippen molar-refractivity contribution in [3.8, 4) is 11.5 Å². The summed E-state index contributed by atoms with van der Waals surface area (Å²) < 4.78 is 5.35. The Bertz CT molecular complexity index is 610. The minimum absolute atomic E-state index is 0.00791. The molecule has 1 heterocycles. The van der Waals surface area contributed by atoms with Crippen molar-refractivity contribution in [1.82, 2.24) is 0 Å². The molecule has 1 aliphatic heterocycles. The Morgan fingerprint density at radius 1 is 1.08 bits per heavy atom. The highest BCUT2D eigenvalue weighted by Gasteiger charge is 2.22. The van der Waals surface area contributed by atoms with E-state index in [1.54, 1.807) is 19.1 Å². The lowest BCUT2D eigenvalue weighted by molar-refractivity contribution is 0.00511. The second kappa shape index (κ2) is 8.17. The maximum absolute atomic E-state index is 12.3. The van der Waals surface area contributed by atoms with Crippen LogP contribution in [0.25, 0.3) is 6.08 Å². The fraction of sp³-hybridized carbons (Fsp3) is 0.500. The third-order valence-corrected chi connectivity index (χ3v) is 4.13. The number of carbonyl (C=O) groups is 1. The zero-order chi connectivity index (χ0) is 17.7. The standard InChI is InChI=1S/C18H24O6/c1-11-5-4-8-15(21)14(20)7-3-2-6-12-9-13(19)10-16(22)17(12)18(23)24-11/h2,6,9-11,14-15,19-22H,3-5,7-8H2,1H3/b6-2+/t11-,14+,15-/m0/s1. The van der Waals surface area contributed by atoms with Crippen LogP contribution in [0.3, 0.4) is 0 Å². The van der Waals surface area contributed by atoms with Gasteiger partial charge in [0, 0.05) is 6.07 Å². The van der Waals surface area contributed by atoms with Gasteiger partial charge in [-0.2, -0.15) is 0 Å². The number of allylic oxidation sites excluding steroid dienone is 1. The van der Waals surface area contributed by atoms with Crippen molar-refractivity contribution in [2.75, 3.05) is 0 Å². The van der Waals surface area contributed by atoms with Gasteiger partial charge in [0.1, 0.15) is 17.1 Å². The molecule has 0 aromatic heterocycles. The topological polar surface area (TPSA) is 107 Å². The zero-order valence-electron chi connectivity index (χ0n) is 13.7. The fourth-order valence-corrected chi connectivity index (χ4v) is 2.76. The molecule has 0 saturated carbocycles. The molecule has 4 N–H and O–H groups in total. The number of fused-ring (bicyclic) bond motifs is 1. The maximum atomic E-state index is 12.3. The van der Waals surface area contributed by atoms with Crippen LogP contribution in [0.4, 0.5) is 0 Å². The van der Waals surface area contributed by atoms with E-state index >= 15 is 0 Å². The molecule has 3 atom stereocenters. The Balaban J connectivity index is 2.32. The van der Waals surface area contributed by atoms with E-state index in [4.69, 9.17) is 4.74 Å². The first-order valence-electron chi connectivity index (χ1n) is 8.18. The lowest BCUT2D eigenvalue weighted by Gasteiger charge is -2.19. The summed E-state index contributed by atoms with van der Waals surface area (Å²) in [5.74, 6) is -1.15. The summed E-state index contributed by atoms with van der Waals surface area (Å²) in [5.41, 5.74) is 0.352. The molecule has 0 aliphatic carbocycles. The highest BCUT2D eigenvalue weighted by atomic mass is 16.5. The van der Waals surface area contributed by atoms with Crippen molar-refractivity contribution >= 4 is 12.0 Å². The van der Waals surface area contributed by atoms with Crippen LogP contribution < -0.4 is 0 Å². The van der Waals surface area contributed by atoms with Crippen LogP contribution >= 0.6 is 0 Å². The zero-order valence-corrected chi connectivity index (χ0v) is 13.7. The van der Waals surface area contributed by atoms with E-state index < -0.39 is 24.3 Å². The number of cyclic esters (lactones) is 1.